The van der Waals surface area contributed by atoms with Crippen molar-refractivity contribution in [3.05, 3.63) is 42.0 Å². The zero-order valence-corrected chi connectivity index (χ0v) is 13.0. The van der Waals surface area contributed by atoms with Gasteiger partial charge in [0.05, 0.1) is 5.60 Å². The molecule has 0 atom stereocenters. The molecule has 1 aromatic carbocycles. The van der Waals surface area contributed by atoms with Gasteiger partial charge in [0.15, 0.2) is 8.32 Å². The van der Waals surface area contributed by atoms with E-state index in [-0.39, 0.29) is 5.60 Å². The van der Waals surface area contributed by atoms with Gasteiger partial charge in [0.1, 0.15) is 0 Å². The summed E-state index contributed by atoms with van der Waals surface area (Å²) < 4.78 is 6.46. The molecule has 0 amide bonds. The summed E-state index contributed by atoms with van der Waals surface area (Å²) in [5, 5.41) is 0. The minimum Gasteiger partial charge on any atom is -0.408 e. The Labute approximate surface area is 112 Å². The number of aryl methyl sites for hydroxylation is 1. The molecule has 18 heavy (non-hydrogen) atoms. The molecule has 1 aromatic rings. The molecule has 0 spiro atoms. The smallest absolute Gasteiger partial charge is 0.184 e. The van der Waals surface area contributed by atoms with Crippen LogP contribution >= 0.6 is 0 Å². The largest absolute Gasteiger partial charge is 0.408 e. The zero-order chi connectivity index (χ0) is 13.4. The van der Waals surface area contributed by atoms with Crippen LogP contribution in [0.3, 0.4) is 0 Å². The normalized spacial score (nSPS) is 18.2. The maximum atomic E-state index is 6.46. The fourth-order valence-electron chi connectivity index (χ4n) is 2.65. The molecule has 98 valence electrons. The van der Waals surface area contributed by atoms with Crippen molar-refractivity contribution in [2.24, 2.45) is 0 Å². The standard InChI is InChI=1S/C16H24OSi/c1-13-8-6-9-15(12-13)14(2)16(10-7-11-16)17-18(3,4)5/h6,8-9,12H,2,7,10-11H2,1,3-5H3. The molecular weight excluding hydrogens is 236 g/mol. The van der Waals surface area contributed by atoms with Crippen LogP contribution in [0.2, 0.25) is 19.6 Å². The Morgan fingerprint density at radius 1 is 1.28 bits per heavy atom. The summed E-state index contributed by atoms with van der Waals surface area (Å²) in [6.45, 7) is 13.3. The highest BCUT2D eigenvalue weighted by molar-refractivity contribution is 6.69. The molecule has 1 nitrogen and oxygen atoms in total. The molecule has 1 aliphatic rings. The molecule has 0 saturated heterocycles. The van der Waals surface area contributed by atoms with E-state index in [2.05, 4.69) is 57.4 Å². The van der Waals surface area contributed by atoms with Gasteiger partial charge in [-0.2, -0.15) is 0 Å². The average Bonchev–Trinajstić information content (AvgIpc) is 2.21. The van der Waals surface area contributed by atoms with E-state index in [4.69, 9.17) is 4.43 Å². The van der Waals surface area contributed by atoms with E-state index >= 15 is 0 Å². The summed E-state index contributed by atoms with van der Waals surface area (Å²) in [6, 6.07) is 8.61. The number of hydrogen-bond donors (Lipinski definition) is 0. The molecule has 0 aromatic heterocycles. The Morgan fingerprint density at radius 2 is 1.94 bits per heavy atom. The average molecular weight is 260 g/mol. The lowest BCUT2D eigenvalue weighted by atomic mass is 9.73. The fourth-order valence-corrected chi connectivity index (χ4v) is 4.14. The number of benzene rings is 1. The van der Waals surface area contributed by atoms with Crippen molar-refractivity contribution in [2.45, 2.75) is 51.4 Å². The molecule has 2 heteroatoms. The van der Waals surface area contributed by atoms with Gasteiger partial charge in [-0.3, -0.25) is 0 Å². The summed E-state index contributed by atoms with van der Waals surface area (Å²) in [6.07, 6.45) is 3.52. The summed E-state index contributed by atoms with van der Waals surface area (Å²) in [4.78, 5) is 0. The molecule has 1 saturated carbocycles. The minimum atomic E-state index is -1.53. The Balaban J connectivity index is 2.26. The molecule has 1 aliphatic carbocycles. The zero-order valence-electron chi connectivity index (χ0n) is 12.0. The van der Waals surface area contributed by atoms with Crippen molar-refractivity contribution in [3.63, 3.8) is 0 Å². The molecule has 0 aliphatic heterocycles. The van der Waals surface area contributed by atoms with Crippen LogP contribution in [-0.4, -0.2) is 13.9 Å². The van der Waals surface area contributed by atoms with E-state index in [1.807, 2.05) is 0 Å². The van der Waals surface area contributed by atoms with E-state index in [1.165, 1.54) is 23.1 Å². The molecule has 0 heterocycles. The fraction of sp³-hybridized carbons (Fsp3) is 0.500. The van der Waals surface area contributed by atoms with Gasteiger partial charge >= 0.3 is 0 Å². The second kappa shape index (κ2) is 4.67. The van der Waals surface area contributed by atoms with Gasteiger partial charge in [-0.25, -0.2) is 0 Å². The second-order valence-corrected chi connectivity index (χ2v) is 10.8. The van der Waals surface area contributed by atoms with Crippen molar-refractivity contribution < 1.29 is 4.43 Å². The van der Waals surface area contributed by atoms with Crippen LogP contribution in [0.25, 0.3) is 5.57 Å². The maximum absolute atomic E-state index is 6.46. The molecule has 2 rings (SSSR count). The first-order valence-corrected chi connectivity index (χ1v) is 10.2. The van der Waals surface area contributed by atoms with Crippen molar-refractivity contribution in [2.75, 3.05) is 0 Å². The predicted octanol–water partition coefficient (Wildman–Crippen LogP) is 4.78. The quantitative estimate of drug-likeness (QED) is 0.708. The molecular formula is C16H24OSi. The predicted molar refractivity (Wildman–Crippen MR) is 81.2 cm³/mol. The first-order chi connectivity index (χ1) is 8.32. The Bertz CT molecular complexity index is 452. The Hall–Kier alpha value is -0.863. The third-order valence-electron chi connectivity index (χ3n) is 3.58. The summed E-state index contributed by atoms with van der Waals surface area (Å²) in [7, 11) is -1.53. The van der Waals surface area contributed by atoms with Crippen LogP contribution in [0, 0.1) is 6.92 Å². The molecule has 0 bridgehead atoms. The van der Waals surface area contributed by atoms with Gasteiger partial charge in [-0.1, -0.05) is 36.4 Å². The topological polar surface area (TPSA) is 9.23 Å². The van der Waals surface area contributed by atoms with E-state index < -0.39 is 8.32 Å². The minimum absolute atomic E-state index is 0.0712. The van der Waals surface area contributed by atoms with Gasteiger partial charge in [0, 0.05) is 0 Å². The van der Waals surface area contributed by atoms with E-state index in [1.54, 1.807) is 0 Å². The van der Waals surface area contributed by atoms with E-state index in [9.17, 15) is 0 Å². The lowest BCUT2D eigenvalue weighted by Gasteiger charge is -2.47. The highest BCUT2D eigenvalue weighted by Crippen LogP contribution is 2.46. The van der Waals surface area contributed by atoms with Gasteiger partial charge in [-0.15, -0.1) is 0 Å². The molecule has 0 N–H and O–H groups in total. The molecule has 0 radical (unpaired) electrons. The summed E-state index contributed by atoms with van der Waals surface area (Å²) >= 11 is 0. The summed E-state index contributed by atoms with van der Waals surface area (Å²) in [5.41, 5.74) is 3.64. The highest BCUT2D eigenvalue weighted by atomic mass is 28.4. The lowest BCUT2D eigenvalue weighted by Crippen LogP contribution is -2.48. The second-order valence-electron chi connectivity index (χ2n) is 6.41. The van der Waals surface area contributed by atoms with Crippen molar-refractivity contribution >= 4 is 13.9 Å². The SMILES string of the molecule is C=C(c1cccc(C)c1)C1(O[Si](C)(C)C)CCC1. The van der Waals surface area contributed by atoms with Crippen LogP contribution in [-0.2, 0) is 4.43 Å². The molecule has 1 fully saturated rings. The monoisotopic (exact) mass is 260 g/mol. The first kappa shape index (κ1) is 13.6. The number of rotatable bonds is 4. The lowest BCUT2D eigenvalue weighted by molar-refractivity contribution is 0.0432. The van der Waals surface area contributed by atoms with Crippen molar-refractivity contribution in [1.29, 1.82) is 0 Å². The van der Waals surface area contributed by atoms with Crippen LogP contribution in [0.5, 0.6) is 0 Å². The highest BCUT2D eigenvalue weighted by Gasteiger charge is 2.44. The third kappa shape index (κ3) is 2.75. The molecule has 0 unspecified atom stereocenters. The summed E-state index contributed by atoms with van der Waals surface area (Å²) in [5.74, 6) is 0. The van der Waals surface area contributed by atoms with Gasteiger partial charge in [0.2, 0.25) is 0 Å². The van der Waals surface area contributed by atoms with Crippen LogP contribution in [0.15, 0.2) is 30.8 Å². The van der Waals surface area contributed by atoms with Crippen LogP contribution in [0.4, 0.5) is 0 Å². The van der Waals surface area contributed by atoms with Crippen molar-refractivity contribution in [1.82, 2.24) is 0 Å². The number of hydrogen-bond acceptors (Lipinski definition) is 1. The first-order valence-electron chi connectivity index (χ1n) is 6.79. The van der Waals surface area contributed by atoms with Crippen LogP contribution in [0.1, 0.15) is 30.4 Å². The van der Waals surface area contributed by atoms with Crippen molar-refractivity contribution in [3.8, 4) is 0 Å². The van der Waals surface area contributed by atoms with Crippen LogP contribution < -0.4 is 0 Å². The van der Waals surface area contributed by atoms with E-state index in [0.29, 0.717) is 0 Å². The van der Waals surface area contributed by atoms with Gasteiger partial charge < -0.3 is 4.43 Å². The third-order valence-corrected chi connectivity index (χ3v) is 4.58. The van der Waals surface area contributed by atoms with Gasteiger partial charge in [-0.05, 0) is 57.0 Å². The van der Waals surface area contributed by atoms with Gasteiger partial charge in [0.25, 0.3) is 0 Å². The van der Waals surface area contributed by atoms with E-state index in [0.717, 1.165) is 12.8 Å². The Morgan fingerprint density at radius 3 is 2.39 bits per heavy atom. The maximum Gasteiger partial charge on any atom is 0.184 e. The Kier molecular flexibility index (Phi) is 3.52.